The predicted molar refractivity (Wildman–Crippen MR) is 72.1 cm³/mol. The first kappa shape index (κ1) is 11.5. The SMILES string of the molecule is Brc1cnc(N2CC3(CCCCCC3)C2)cn1. The lowest BCUT2D eigenvalue weighted by atomic mass is 9.73. The van der Waals surface area contributed by atoms with Crippen LogP contribution in [0.15, 0.2) is 17.0 Å². The lowest BCUT2D eigenvalue weighted by Gasteiger charge is -2.50. The summed E-state index contributed by atoms with van der Waals surface area (Å²) in [7, 11) is 0. The number of rotatable bonds is 1. The van der Waals surface area contributed by atoms with Crippen molar-refractivity contribution in [3.63, 3.8) is 0 Å². The van der Waals surface area contributed by atoms with Gasteiger partial charge in [-0.25, -0.2) is 9.97 Å². The Morgan fingerprint density at radius 3 is 2.29 bits per heavy atom. The van der Waals surface area contributed by atoms with Gasteiger partial charge in [-0.05, 0) is 28.8 Å². The second-order valence-electron chi connectivity index (χ2n) is 5.47. The normalized spacial score (nSPS) is 23.2. The Morgan fingerprint density at radius 1 is 1.00 bits per heavy atom. The largest absolute Gasteiger partial charge is 0.354 e. The highest BCUT2D eigenvalue weighted by Crippen LogP contribution is 2.43. The van der Waals surface area contributed by atoms with Crippen molar-refractivity contribution in [1.82, 2.24) is 9.97 Å². The van der Waals surface area contributed by atoms with Crippen LogP contribution in [-0.2, 0) is 0 Å². The number of aromatic nitrogens is 2. The van der Waals surface area contributed by atoms with Gasteiger partial charge in [0.05, 0.1) is 12.4 Å². The molecule has 1 saturated carbocycles. The van der Waals surface area contributed by atoms with Crippen LogP contribution >= 0.6 is 15.9 Å². The van der Waals surface area contributed by atoms with Crippen LogP contribution in [0.2, 0.25) is 0 Å². The first-order chi connectivity index (χ1) is 8.27. The molecule has 0 N–H and O–H groups in total. The topological polar surface area (TPSA) is 29.0 Å². The molecule has 2 aliphatic rings. The quantitative estimate of drug-likeness (QED) is 0.795. The predicted octanol–water partition coefficient (Wildman–Crippen LogP) is 3.40. The zero-order chi connectivity index (χ0) is 11.7. The third-order valence-corrected chi connectivity index (χ3v) is 4.56. The van der Waals surface area contributed by atoms with Crippen molar-refractivity contribution in [2.24, 2.45) is 5.41 Å². The zero-order valence-corrected chi connectivity index (χ0v) is 11.6. The van der Waals surface area contributed by atoms with E-state index in [9.17, 15) is 0 Å². The molecule has 0 unspecified atom stereocenters. The maximum absolute atomic E-state index is 4.42. The molecule has 0 atom stereocenters. The molecule has 1 spiro atoms. The van der Waals surface area contributed by atoms with E-state index in [1.807, 2.05) is 6.20 Å². The average Bonchev–Trinajstić information content (AvgIpc) is 2.54. The molecule has 17 heavy (non-hydrogen) atoms. The monoisotopic (exact) mass is 295 g/mol. The molecule has 1 aliphatic heterocycles. The van der Waals surface area contributed by atoms with Crippen LogP contribution in [0.5, 0.6) is 0 Å². The Morgan fingerprint density at radius 2 is 1.71 bits per heavy atom. The van der Waals surface area contributed by atoms with Crippen molar-refractivity contribution in [3.8, 4) is 0 Å². The number of anilines is 1. The molecular formula is C13H18BrN3. The molecule has 2 fully saturated rings. The summed E-state index contributed by atoms with van der Waals surface area (Å²) in [5.74, 6) is 1.03. The van der Waals surface area contributed by atoms with Crippen molar-refractivity contribution in [3.05, 3.63) is 17.0 Å². The first-order valence-corrected chi connectivity index (χ1v) is 7.29. The fourth-order valence-corrected chi connectivity index (χ4v) is 3.39. The summed E-state index contributed by atoms with van der Waals surface area (Å²) in [6.45, 7) is 2.37. The Hall–Kier alpha value is -0.640. The Balaban J connectivity index is 1.65. The number of nitrogens with zero attached hydrogens (tertiary/aromatic N) is 3. The molecule has 0 amide bonds. The zero-order valence-electron chi connectivity index (χ0n) is 10.0. The fraction of sp³-hybridized carbons (Fsp3) is 0.692. The summed E-state index contributed by atoms with van der Waals surface area (Å²) in [6, 6.07) is 0. The van der Waals surface area contributed by atoms with Gasteiger partial charge in [-0.2, -0.15) is 0 Å². The van der Waals surface area contributed by atoms with Crippen molar-refractivity contribution in [1.29, 1.82) is 0 Å². The summed E-state index contributed by atoms with van der Waals surface area (Å²) in [5.41, 5.74) is 0.602. The van der Waals surface area contributed by atoms with Crippen LogP contribution in [0.4, 0.5) is 5.82 Å². The van der Waals surface area contributed by atoms with Crippen molar-refractivity contribution < 1.29 is 0 Å². The third kappa shape index (κ3) is 2.32. The minimum absolute atomic E-state index is 0.602. The molecule has 0 bridgehead atoms. The molecule has 92 valence electrons. The summed E-state index contributed by atoms with van der Waals surface area (Å²) in [5, 5.41) is 0. The number of hydrogen-bond acceptors (Lipinski definition) is 3. The highest BCUT2D eigenvalue weighted by Gasteiger charge is 2.43. The fourth-order valence-electron chi connectivity index (χ4n) is 3.19. The lowest BCUT2D eigenvalue weighted by molar-refractivity contribution is 0.179. The highest BCUT2D eigenvalue weighted by molar-refractivity contribution is 9.10. The van der Waals surface area contributed by atoms with Crippen LogP contribution in [0.25, 0.3) is 0 Å². The molecule has 4 heteroatoms. The van der Waals surface area contributed by atoms with Gasteiger partial charge in [-0.15, -0.1) is 0 Å². The smallest absolute Gasteiger partial charge is 0.147 e. The molecule has 2 heterocycles. The Bertz CT molecular complexity index is 374. The molecule has 1 aromatic rings. The maximum Gasteiger partial charge on any atom is 0.147 e. The van der Waals surface area contributed by atoms with Gasteiger partial charge in [0.15, 0.2) is 0 Å². The minimum atomic E-state index is 0.602. The van der Waals surface area contributed by atoms with Gasteiger partial charge >= 0.3 is 0 Å². The van der Waals surface area contributed by atoms with Gasteiger partial charge < -0.3 is 4.90 Å². The van der Waals surface area contributed by atoms with E-state index in [0.717, 1.165) is 10.4 Å². The van der Waals surface area contributed by atoms with Gasteiger partial charge in [0.2, 0.25) is 0 Å². The number of halogens is 1. The second kappa shape index (κ2) is 4.56. The van der Waals surface area contributed by atoms with E-state index in [0.29, 0.717) is 5.41 Å². The van der Waals surface area contributed by atoms with Crippen LogP contribution in [0.3, 0.4) is 0 Å². The number of hydrogen-bond donors (Lipinski definition) is 0. The molecule has 0 aromatic carbocycles. The average molecular weight is 296 g/mol. The maximum atomic E-state index is 4.42. The van der Waals surface area contributed by atoms with Crippen LogP contribution in [0, 0.1) is 5.41 Å². The van der Waals surface area contributed by atoms with Crippen molar-refractivity contribution in [2.45, 2.75) is 38.5 Å². The summed E-state index contributed by atoms with van der Waals surface area (Å²) >= 11 is 3.32. The molecule has 3 nitrogen and oxygen atoms in total. The second-order valence-corrected chi connectivity index (χ2v) is 6.28. The van der Waals surface area contributed by atoms with Crippen molar-refractivity contribution in [2.75, 3.05) is 18.0 Å². The summed E-state index contributed by atoms with van der Waals surface area (Å²) in [4.78, 5) is 11.0. The standard InChI is InChI=1S/C13H18BrN3/c14-11-7-16-12(8-15-11)17-9-13(10-17)5-3-1-2-4-6-13/h7-8H,1-6,9-10H2. The van der Waals surface area contributed by atoms with E-state index < -0.39 is 0 Å². The molecule has 3 rings (SSSR count). The molecular weight excluding hydrogens is 278 g/mol. The van der Waals surface area contributed by atoms with Gasteiger partial charge in [-0.1, -0.05) is 25.7 Å². The molecule has 1 saturated heterocycles. The van der Waals surface area contributed by atoms with Crippen LogP contribution in [0.1, 0.15) is 38.5 Å². The van der Waals surface area contributed by atoms with E-state index in [1.165, 1.54) is 51.6 Å². The Kier molecular flexibility index (Phi) is 3.07. The molecule has 1 aliphatic carbocycles. The van der Waals surface area contributed by atoms with E-state index in [4.69, 9.17) is 0 Å². The minimum Gasteiger partial charge on any atom is -0.354 e. The van der Waals surface area contributed by atoms with Crippen molar-refractivity contribution >= 4 is 21.7 Å². The van der Waals surface area contributed by atoms with E-state index >= 15 is 0 Å². The van der Waals surface area contributed by atoms with Crippen LogP contribution in [-0.4, -0.2) is 23.1 Å². The van der Waals surface area contributed by atoms with E-state index in [-0.39, 0.29) is 0 Å². The highest BCUT2D eigenvalue weighted by atomic mass is 79.9. The van der Waals surface area contributed by atoms with Gasteiger partial charge in [0.1, 0.15) is 10.4 Å². The van der Waals surface area contributed by atoms with Gasteiger partial charge in [0, 0.05) is 18.5 Å². The molecule has 1 aromatic heterocycles. The van der Waals surface area contributed by atoms with Gasteiger partial charge in [-0.3, -0.25) is 0 Å². The van der Waals surface area contributed by atoms with E-state index in [2.05, 4.69) is 30.8 Å². The first-order valence-electron chi connectivity index (χ1n) is 6.50. The van der Waals surface area contributed by atoms with Gasteiger partial charge in [0.25, 0.3) is 0 Å². The van der Waals surface area contributed by atoms with Crippen LogP contribution < -0.4 is 4.90 Å². The summed E-state index contributed by atoms with van der Waals surface area (Å²) < 4.78 is 0.811. The third-order valence-electron chi connectivity index (χ3n) is 4.15. The molecule has 0 radical (unpaired) electrons. The Labute approximate surface area is 111 Å². The van der Waals surface area contributed by atoms with E-state index in [1.54, 1.807) is 6.20 Å². The summed E-state index contributed by atoms with van der Waals surface area (Å²) in [6.07, 6.45) is 12.2. The lowest BCUT2D eigenvalue weighted by Crippen LogP contribution is -2.56.